The molecule has 1 N–H and O–H groups in total. The minimum absolute atomic E-state index is 0.256. The van der Waals surface area contributed by atoms with Gasteiger partial charge in [0.2, 0.25) is 5.91 Å². The highest BCUT2D eigenvalue weighted by Gasteiger charge is 2.26. The van der Waals surface area contributed by atoms with Gasteiger partial charge < -0.3 is 5.32 Å². The molecule has 1 aromatic rings. The molecule has 7 nitrogen and oxygen atoms in total. The fraction of sp³-hybridized carbons (Fsp3) is 0.538. The van der Waals surface area contributed by atoms with Crippen LogP contribution in [0, 0.1) is 6.92 Å². The first-order valence-electron chi connectivity index (χ1n) is 6.76. The van der Waals surface area contributed by atoms with Crippen molar-refractivity contribution >= 4 is 21.9 Å². The summed E-state index contributed by atoms with van der Waals surface area (Å²) in [6.07, 6.45) is 0. The zero-order valence-electron chi connectivity index (χ0n) is 12.8. The Bertz CT molecular complexity index is 585. The molecule has 1 rings (SSSR count). The monoisotopic (exact) mass is 314 g/mol. The standard InChI is InChI=1S/C13H22N4O3S/c1-5-17(6-2)21(19,20)16(4)10-13(18)15-12-9-7-8-11(3)14-12/h7-9H,5-6,10H2,1-4H3,(H,14,15,18). The predicted octanol–water partition coefficient (Wildman–Crippen LogP) is 0.847. The molecule has 0 radical (unpaired) electrons. The first-order valence-corrected chi connectivity index (χ1v) is 8.15. The number of amides is 1. The molecular formula is C13H22N4O3S. The second kappa shape index (κ2) is 7.48. The van der Waals surface area contributed by atoms with Gasteiger partial charge in [0.15, 0.2) is 0 Å². The van der Waals surface area contributed by atoms with Crippen molar-refractivity contribution in [3.63, 3.8) is 0 Å². The second-order valence-electron chi connectivity index (χ2n) is 4.56. The second-order valence-corrected chi connectivity index (χ2v) is 6.60. The van der Waals surface area contributed by atoms with E-state index < -0.39 is 16.1 Å². The Morgan fingerprint density at radius 2 is 1.90 bits per heavy atom. The van der Waals surface area contributed by atoms with Gasteiger partial charge in [-0.15, -0.1) is 0 Å². The Hall–Kier alpha value is -1.51. The number of rotatable bonds is 7. The van der Waals surface area contributed by atoms with E-state index in [-0.39, 0.29) is 6.54 Å². The number of likely N-dealkylation sites (N-methyl/N-ethyl adjacent to an activating group) is 1. The highest BCUT2D eigenvalue weighted by atomic mass is 32.2. The van der Waals surface area contributed by atoms with Crippen LogP contribution in [-0.4, -0.2) is 54.6 Å². The zero-order chi connectivity index (χ0) is 16.0. The number of hydrogen-bond acceptors (Lipinski definition) is 4. The fourth-order valence-corrected chi connectivity index (χ4v) is 3.15. The lowest BCUT2D eigenvalue weighted by molar-refractivity contribution is -0.116. The van der Waals surface area contributed by atoms with E-state index in [4.69, 9.17) is 0 Å². The third-order valence-corrected chi connectivity index (χ3v) is 5.03. The molecule has 0 aromatic carbocycles. The molecule has 0 saturated heterocycles. The molecule has 0 aliphatic carbocycles. The fourth-order valence-electron chi connectivity index (χ4n) is 1.83. The molecule has 1 aromatic heterocycles. The van der Waals surface area contributed by atoms with Crippen LogP contribution in [0.2, 0.25) is 0 Å². The van der Waals surface area contributed by atoms with Crippen LogP contribution in [0.3, 0.4) is 0 Å². The van der Waals surface area contributed by atoms with Crippen molar-refractivity contribution in [2.75, 3.05) is 32.0 Å². The van der Waals surface area contributed by atoms with E-state index in [0.29, 0.717) is 18.9 Å². The largest absolute Gasteiger partial charge is 0.310 e. The summed E-state index contributed by atoms with van der Waals surface area (Å²) in [6.45, 7) is 5.80. The van der Waals surface area contributed by atoms with Crippen molar-refractivity contribution in [3.05, 3.63) is 23.9 Å². The Morgan fingerprint density at radius 1 is 1.29 bits per heavy atom. The lowest BCUT2D eigenvalue weighted by atomic mass is 10.4. The number of carbonyl (C=O) groups excluding carboxylic acids is 1. The van der Waals surface area contributed by atoms with Crippen LogP contribution in [0.1, 0.15) is 19.5 Å². The van der Waals surface area contributed by atoms with Gasteiger partial charge in [-0.25, -0.2) is 4.98 Å². The maximum Gasteiger partial charge on any atom is 0.282 e. The zero-order valence-corrected chi connectivity index (χ0v) is 13.6. The summed E-state index contributed by atoms with van der Waals surface area (Å²) in [4.78, 5) is 16.0. The van der Waals surface area contributed by atoms with Crippen molar-refractivity contribution in [2.45, 2.75) is 20.8 Å². The highest BCUT2D eigenvalue weighted by molar-refractivity contribution is 7.86. The molecule has 0 fully saturated rings. The number of aryl methyl sites for hydroxylation is 1. The van der Waals surface area contributed by atoms with Gasteiger partial charge in [0.1, 0.15) is 5.82 Å². The molecule has 0 unspecified atom stereocenters. The molecule has 21 heavy (non-hydrogen) atoms. The van der Waals surface area contributed by atoms with Crippen molar-refractivity contribution in [1.82, 2.24) is 13.6 Å². The third-order valence-electron chi connectivity index (χ3n) is 2.95. The van der Waals surface area contributed by atoms with Gasteiger partial charge >= 0.3 is 0 Å². The average molecular weight is 314 g/mol. The Kier molecular flexibility index (Phi) is 6.25. The molecule has 0 bridgehead atoms. The summed E-state index contributed by atoms with van der Waals surface area (Å²) in [5.41, 5.74) is 0.775. The van der Waals surface area contributed by atoms with Crippen LogP contribution < -0.4 is 5.32 Å². The molecule has 8 heteroatoms. The summed E-state index contributed by atoms with van der Waals surface area (Å²) >= 11 is 0. The summed E-state index contributed by atoms with van der Waals surface area (Å²) < 4.78 is 26.7. The van der Waals surface area contributed by atoms with Gasteiger partial charge in [0, 0.05) is 25.8 Å². The quantitative estimate of drug-likeness (QED) is 0.809. The van der Waals surface area contributed by atoms with E-state index in [0.717, 1.165) is 10.00 Å². The lowest BCUT2D eigenvalue weighted by Gasteiger charge is -2.24. The number of carbonyl (C=O) groups is 1. The molecule has 118 valence electrons. The van der Waals surface area contributed by atoms with Crippen molar-refractivity contribution in [1.29, 1.82) is 0 Å². The van der Waals surface area contributed by atoms with E-state index in [1.54, 1.807) is 26.0 Å². The van der Waals surface area contributed by atoms with Crippen LogP contribution in [0.15, 0.2) is 18.2 Å². The van der Waals surface area contributed by atoms with Crippen LogP contribution in [0.25, 0.3) is 0 Å². The van der Waals surface area contributed by atoms with E-state index in [1.807, 2.05) is 13.0 Å². The molecule has 1 amide bonds. The van der Waals surface area contributed by atoms with E-state index in [9.17, 15) is 13.2 Å². The SMILES string of the molecule is CCN(CC)S(=O)(=O)N(C)CC(=O)Nc1cccc(C)n1. The van der Waals surface area contributed by atoms with Crippen molar-refractivity contribution in [2.24, 2.45) is 0 Å². The number of hydrogen-bond donors (Lipinski definition) is 1. The minimum atomic E-state index is -3.61. The van der Waals surface area contributed by atoms with Gasteiger partial charge in [0.05, 0.1) is 6.54 Å². The lowest BCUT2D eigenvalue weighted by Crippen LogP contribution is -2.44. The molecule has 0 spiro atoms. The van der Waals surface area contributed by atoms with Gasteiger partial charge in [0.25, 0.3) is 10.2 Å². The Morgan fingerprint density at radius 3 is 2.43 bits per heavy atom. The van der Waals surface area contributed by atoms with E-state index in [2.05, 4.69) is 10.3 Å². The summed E-state index contributed by atoms with van der Waals surface area (Å²) in [7, 11) is -2.23. The molecule has 0 aliphatic rings. The van der Waals surface area contributed by atoms with Gasteiger partial charge in [-0.05, 0) is 19.1 Å². The maximum atomic E-state index is 12.2. The predicted molar refractivity (Wildman–Crippen MR) is 82.1 cm³/mol. The number of aromatic nitrogens is 1. The highest BCUT2D eigenvalue weighted by Crippen LogP contribution is 2.07. The summed E-state index contributed by atoms with van der Waals surface area (Å²) in [5, 5.41) is 2.59. The van der Waals surface area contributed by atoms with Crippen LogP contribution >= 0.6 is 0 Å². The minimum Gasteiger partial charge on any atom is -0.310 e. The third kappa shape index (κ3) is 4.76. The van der Waals surface area contributed by atoms with Crippen LogP contribution in [0.4, 0.5) is 5.82 Å². The Balaban J connectivity index is 2.70. The molecule has 0 atom stereocenters. The summed E-state index contributed by atoms with van der Waals surface area (Å²) in [5.74, 6) is -0.0139. The molecule has 0 aliphatic heterocycles. The van der Waals surface area contributed by atoms with E-state index in [1.165, 1.54) is 11.4 Å². The number of nitrogens with one attached hydrogen (secondary N) is 1. The Labute approximate surface area is 126 Å². The normalized spacial score (nSPS) is 11.9. The van der Waals surface area contributed by atoms with Crippen molar-refractivity contribution < 1.29 is 13.2 Å². The topological polar surface area (TPSA) is 82.6 Å². The first kappa shape index (κ1) is 17.5. The van der Waals surface area contributed by atoms with Gasteiger partial charge in [-0.2, -0.15) is 17.0 Å². The smallest absolute Gasteiger partial charge is 0.282 e. The first-order chi connectivity index (χ1) is 9.81. The molecular weight excluding hydrogens is 292 g/mol. The number of pyridine rings is 1. The van der Waals surface area contributed by atoms with Gasteiger partial charge in [-0.1, -0.05) is 19.9 Å². The van der Waals surface area contributed by atoms with Gasteiger partial charge in [-0.3, -0.25) is 4.79 Å². The maximum absolute atomic E-state index is 12.2. The van der Waals surface area contributed by atoms with Crippen LogP contribution in [-0.2, 0) is 15.0 Å². The number of anilines is 1. The number of nitrogens with zero attached hydrogens (tertiary/aromatic N) is 3. The van der Waals surface area contributed by atoms with E-state index >= 15 is 0 Å². The average Bonchev–Trinajstić information content (AvgIpc) is 2.39. The molecule has 0 saturated carbocycles. The van der Waals surface area contributed by atoms with Crippen LogP contribution in [0.5, 0.6) is 0 Å². The summed E-state index contributed by atoms with van der Waals surface area (Å²) in [6, 6.07) is 5.24. The molecule has 1 heterocycles. The van der Waals surface area contributed by atoms with Crippen molar-refractivity contribution in [3.8, 4) is 0 Å².